The van der Waals surface area contributed by atoms with Crippen molar-refractivity contribution in [2.75, 3.05) is 39.8 Å². The quantitative estimate of drug-likeness (QED) is 0.231. The van der Waals surface area contributed by atoms with E-state index >= 15 is 0 Å². The second kappa shape index (κ2) is 13.0. The van der Waals surface area contributed by atoms with Crippen molar-refractivity contribution in [1.82, 2.24) is 20.9 Å². The minimum absolute atomic E-state index is 0. The molecule has 1 aromatic heterocycles. The van der Waals surface area contributed by atoms with Gasteiger partial charge in [0, 0.05) is 39.3 Å². The summed E-state index contributed by atoms with van der Waals surface area (Å²) in [6.45, 7) is 6.49. The van der Waals surface area contributed by atoms with Gasteiger partial charge in [0.2, 0.25) is 0 Å². The number of carbonyl (C=O) groups excluding carboxylic acids is 1. The third-order valence-electron chi connectivity index (χ3n) is 4.58. The average Bonchev–Trinajstić information content (AvgIpc) is 3.18. The molecule has 0 bridgehead atoms. The SMILES string of the molecule is CCC1CCCCN1CCNC(=NC)NCCNC(=O)c1ccco1.I. The molecule has 2 heterocycles. The molecule has 0 saturated carbocycles. The summed E-state index contributed by atoms with van der Waals surface area (Å²) < 4.78 is 5.05. The molecule has 1 atom stereocenters. The van der Waals surface area contributed by atoms with E-state index in [4.69, 9.17) is 4.42 Å². The van der Waals surface area contributed by atoms with Gasteiger partial charge in [-0.25, -0.2) is 0 Å². The van der Waals surface area contributed by atoms with Crippen LogP contribution in [-0.4, -0.2) is 62.6 Å². The number of carbonyl (C=O) groups is 1. The topological polar surface area (TPSA) is 81.9 Å². The van der Waals surface area contributed by atoms with Crippen LogP contribution >= 0.6 is 24.0 Å². The molecule has 0 spiro atoms. The Hall–Kier alpha value is -1.29. The highest BCUT2D eigenvalue weighted by Crippen LogP contribution is 2.18. The molecule has 8 heteroatoms. The van der Waals surface area contributed by atoms with Crippen molar-refractivity contribution in [2.24, 2.45) is 4.99 Å². The van der Waals surface area contributed by atoms with Gasteiger partial charge in [-0.05, 0) is 37.9 Å². The van der Waals surface area contributed by atoms with Crippen LogP contribution in [0, 0.1) is 0 Å². The van der Waals surface area contributed by atoms with Gasteiger partial charge >= 0.3 is 0 Å². The first-order valence-electron chi connectivity index (χ1n) is 9.25. The molecule has 0 radical (unpaired) electrons. The molecule has 1 unspecified atom stereocenters. The molecule has 1 amide bonds. The first-order chi connectivity index (χ1) is 12.2. The number of furan rings is 1. The summed E-state index contributed by atoms with van der Waals surface area (Å²) in [7, 11) is 1.76. The zero-order valence-electron chi connectivity index (χ0n) is 15.8. The summed E-state index contributed by atoms with van der Waals surface area (Å²) in [5, 5.41) is 9.35. The van der Waals surface area contributed by atoms with E-state index in [2.05, 4.69) is 32.8 Å². The van der Waals surface area contributed by atoms with E-state index in [1.807, 2.05) is 0 Å². The second-order valence-electron chi connectivity index (χ2n) is 6.25. The number of hydrogen-bond acceptors (Lipinski definition) is 4. The third kappa shape index (κ3) is 7.53. The Kier molecular flexibility index (Phi) is 11.3. The summed E-state index contributed by atoms with van der Waals surface area (Å²) in [4.78, 5) is 18.5. The van der Waals surface area contributed by atoms with Crippen molar-refractivity contribution in [1.29, 1.82) is 0 Å². The van der Waals surface area contributed by atoms with Gasteiger partial charge in [0.1, 0.15) is 0 Å². The molecule has 1 aromatic rings. The van der Waals surface area contributed by atoms with Crippen LogP contribution in [0.5, 0.6) is 0 Å². The number of aliphatic imine (C=N–C) groups is 1. The maximum Gasteiger partial charge on any atom is 0.287 e. The number of rotatable bonds is 8. The maximum atomic E-state index is 11.7. The van der Waals surface area contributed by atoms with Gasteiger partial charge in [-0.2, -0.15) is 0 Å². The molecular weight excluding hydrogens is 445 g/mol. The van der Waals surface area contributed by atoms with Crippen molar-refractivity contribution >= 4 is 35.8 Å². The monoisotopic (exact) mass is 477 g/mol. The van der Waals surface area contributed by atoms with E-state index in [9.17, 15) is 4.79 Å². The predicted molar refractivity (Wildman–Crippen MR) is 115 cm³/mol. The molecule has 0 aromatic carbocycles. The molecule has 26 heavy (non-hydrogen) atoms. The van der Waals surface area contributed by atoms with Gasteiger partial charge in [0.15, 0.2) is 11.7 Å². The molecule has 0 aliphatic carbocycles. The highest BCUT2D eigenvalue weighted by molar-refractivity contribution is 14.0. The van der Waals surface area contributed by atoms with Gasteiger partial charge in [-0.15, -0.1) is 24.0 Å². The first-order valence-corrected chi connectivity index (χ1v) is 9.25. The lowest BCUT2D eigenvalue weighted by Gasteiger charge is -2.35. The minimum Gasteiger partial charge on any atom is -0.459 e. The zero-order chi connectivity index (χ0) is 17.9. The van der Waals surface area contributed by atoms with E-state index in [0.29, 0.717) is 18.8 Å². The van der Waals surface area contributed by atoms with E-state index in [1.165, 1.54) is 38.5 Å². The summed E-state index contributed by atoms with van der Waals surface area (Å²) in [5.41, 5.74) is 0. The van der Waals surface area contributed by atoms with E-state index in [-0.39, 0.29) is 29.9 Å². The molecule has 1 fully saturated rings. The van der Waals surface area contributed by atoms with Crippen molar-refractivity contribution in [3.05, 3.63) is 24.2 Å². The number of likely N-dealkylation sites (tertiary alicyclic amines) is 1. The highest BCUT2D eigenvalue weighted by Gasteiger charge is 2.19. The Morgan fingerprint density at radius 2 is 2.04 bits per heavy atom. The average molecular weight is 477 g/mol. The normalized spacial score (nSPS) is 18.1. The van der Waals surface area contributed by atoms with Crippen LogP contribution < -0.4 is 16.0 Å². The number of guanidine groups is 1. The molecule has 2 rings (SSSR count). The predicted octanol–water partition coefficient (Wildman–Crippen LogP) is 2.06. The number of piperidine rings is 1. The van der Waals surface area contributed by atoms with Crippen molar-refractivity contribution in [2.45, 2.75) is 38.6 Å². The fraction of sp³-hybridized carbons (Fsp3) is 0.667. The number of hydrogen-bond donors (Lipinski definition) is 3. The first kappa shape index (κ1) is 22.8. The lowest BCUT2D eigenvalue weighted by atomic mass is 10.0. The molecular formula is C18H32IN5O2. The molecule has 148 valence electrons. The van der Waals surface area contributed by atoms with E-state index < -0.39 is 0 Å². The van der Waals surface area contributed by atoms with E-state index in [1.54, 1.807) is 19.2 Å². The number of halogens is 1. The highest BCUT2D eigenvalue weighted by atomic mass is 127. The number of nitrogens with one attached hydrogen (secondary N) is 3. The van der Waals surface area contributed by atoms with Crippen LogP contribution in [-0.2, 0) is 0 Å². The van der Waals surface area contributed by atoms with Crippen LogP contribution in [0.1, 0.15) is 43.2 Å². The Labute approximate surface area is 173 Å². The molecule has 7 nitrogen and oxygen atoms in total. The van der Waals surface area contributed by atoms with Crippen LogP contribution in [0.4, 0.5) is 0 Å². The Balaban J connectivity index is 0.00000338. The fourth-order valence-corrected chi connectivity index (χ4v) is 3.21. The van der Waals surface area contributed by atoms with Gasteiger partial charge < -0.3 is 20.4 Å². The number of nitrogens with zero attached hydrogens (tertiary/aromatic N) is 2. The largest absolute Gasteiger partial charge is 0.459 e. The molecule has 1 aliphatic rings. The standard InChI is InChI=1S/C18H31N5O2.HI/c1-3-15-7-4-5-12-23(15)13-11-22-18(19-2)21-10-9-20-17(24)16-8-6-14-25-16;/h6,8,14-15H,3-5,7,9-13H2,1-2H3,(H,20,24)(H2,19,21,22);1H. The van der Waals surface area contributed by atoms with Gasteiger partial charge in [-0.3, -0.25) is 14.7 Å². The van der Waals surface area contributed by atoms with Crippen molar-refractivity contribution < 1.29 is 9.21 Å². The van der Waals surface area contributed by atoms with Gasteiger partial charge in [0.25, 0.3) is 5.91 Å². The van der Waals surface area contributed by atoms with Crippen LogP contribution in [0.2, 0.25) is 0 Å². The smallest absolute Gasteiger partial charge is 0.287 e. The molecule has 1 aliphatic heterocycles. The summed E-state index contributed by atoms with van der Waals surface area (Å²) in [6.07, 6.45) is 6.69. The molecule has 1 saturated heterocycles. The van der Waals surface area contributed by atoms with Crippen molar-refractivity contribution in [3.8, 4) is 0 Å². The van der Waals surface area contributed by atoms with Crippen LogP contribution in [0.3, 0.4) is 0 Å². The van der Waals surface area contributed by atoms with Crippen LogP contribution in [0.15, 0.2) is 27.8 Å². The fourth-order valence-electron chi connectivity index (χ4n) is 3.21. The van der Waals surface area contributed by atoms with Crippen molar-refractivity contribution in [3.63, 3.8) is 0 Å². The zero-order valence-corrected chi connectivity index (χ0v) is 18.1. The lowest BCUT2D eigenvalue weighted by Crippen LogP contribution is -2.46. The summed E-state index contributed by atoms with van der Waals surface area (Å²) in [6, 6.07) is 4.07. The van der Waals surface area contributed by atoms with Gasteiger partial charge in [-0.1, -0.05) is 13.3 Å². The Morgan fingerprint density at radius 1 is 1.27 bits per heavy atom. The lowest BCUT2D eigenvalue weighted by molar-refractivity contribution is 0.0926. The summed E-state index contributed by atoms with van der Waals surface area (Å²) >= 11 is 0. The summed E-state index contributed by atoms with van der Waals surface area (Å²) in [5.74, 6) is 0.886. The van der Waals surface area contributed by atoms with E-state index in [0.717, 1.165) is 25.1 Å². The van der Waals surface area contributed by atoms with Gasteiger partial charge in [0.05, 0.1) is 6.26 Å². The van der Waals surface area contributed by atoms with Crippen LogP contribution in [0.25, 0.3) is 0 Å². The third-order valence-corrected chi connectivity index (χ3v) is 4.58. The number of amides is 1. The Morgan fingerprint density at radius 3 is 2.73 bits per heavy atom. The minimum atomic E-state index is -0.203. The second-order valence-corrected chi connectivity index (χ2v) is 6.25. The Bertz CT molecular complexity index is 536. The molecule has 3 N–H and O–H groups in total. The maximum absolute atomic E-state index is 11.7.